The summed E-state index contributed by atoms with van der Waals surface area (Å²) in [4.78, 5) is 12.0. The molecule has 0 saturated carbocycles. The number of amides is 1. The van der Waals surface area contributed by atoms with Crippen molar-refractivity contribution < 1.29 is 9.53 Å². The Hall–Kier alpha value is -0.610. The van der Waals surface area contributed by atoms with E-state index in [4.69, 9.17) is 10.5 Å². The van der Waals surface area contributed by atoms with E-state index in [1.54, 1.807) is 0 Å². The second-order valence-electron chi connectivity index (χ2n) is 5.41. The summed E-state index contributed by atoms with van der Waals surface area (Å²) < 4.78 is 5.22. The third kappa shape index (κ3) is 3.76. The topological polar surface area (TPSA) is 64.3 Å². The van der Waals surface area contributed by atoms with Gasteiger partial charge in [0.25, 0.3) is 0 Å². The Kier molecular flexibility index (Phi) is 4.74. The highest BCUT2D eigenvalue weighted by atomic mass is 16.5. The second kappa shape index (κ2) is 5.64. The van der Waals surface area contributed by atoms with Gasteiger partial charge in [0.05, 0.1) is 12.5 Å². The molecule has 1 fully saturated rings. The molecular weight excluding hydrogens is 204 g/mol. The van der Waals surface area contributed by atoms with Crippen molar-refractivity contribution in [2.75, 3.05) is 19.8 Å². The zero-order valence-electron chi connectivity index (χ0n) is 10.6. The van der Waals surface area contributed by atoms with Crippen molar-refractivity contribution >= 4 is 5.91 Å². The molecule has 0 bridgehead atoms. The Morgan fingerprint density at radius 1 is 1.62 bits per heavy atom. The third-order valence-electron chi connectivity index (χ3n) is 3.03. The maximum atomic E-state index is 12.0. The number of ether oxygens (including phenoxy) is 1. The molecule has 16 heavy (non-hydrogen) atoms. The largest absolute Gasteiger partial charge is 0.381 e. The maximum Gasteiger partial charge on any atom is 0.225 e. The SMILES string of the molecule is CC(C)CC(C)(CN)NC(=O)C1CCOC1. The number of nitrogens with one attached hydrogen (secondary N) is 1. The van der Waals surface area contributed by atoms with E-state index in [2.05, 4.69) is 19.2 Å². The molecule has 2 unspecified atom stereocenters. The van der Waals surface area contributed by atoms with Crippen molar-refractivity contribution in [3.63, 3.8) is 0 Å². The quantitative estimate of drug-likeness (QED) is 0.735. The van der Waals surface area contributed by atoms with E-state index in [0.29, 0.717) is 25.7 Å². The van der Waals surface area contributed by atoms with Gasteiger partial charge in [-0.25, -0.2) is 0 Å². The van der Waals surface area contributed by atoms with Crippen LogP contribution in [0.15, 0.2) is 0 Å². The molecule has 1 aliphatic heterocycles. The predicted octanol–water partition coefficient (Wildman–Crippen LogP) is 0.903. The number of carbonyl (C=O) groups is 1. The zero-order chi connectivity index (χ0) is 12.2. The Bertz CT molecular complexity index is 237. The molecule has 94 valence electrons. The molecule has 1 aliphatic rings. The first-order valence-corrected chi connectivity index (χ1v) is 6.06. The van der Waals surface area contributed by atoms with Crippen LogP contribution in [0, 0.1) is 11.8 Å². The van der Waals surface area contributed by atoms with Gasteiger partial charge in [0.2, 0.25) is 5.91 Å². The van der Waals surface area contributed by atoms with E-state index in [1.165, 1.54) is 0 Å². The highest BCUT2D eigenvalue weighted by Gasteiger charge is 2.30. The summed E-state index contributed by atoms with van der Waals surface area (Å²) >= 11 is 0. The molecule has 1 heterocycles. The second-order valence-corrected chi connectivity index (χ2v) is 5.41. The van der Waals surface area contributed by atoms with Crippen LogP contribution in [0.2, 0.25) is 0 Å². The van der Waals surface area contributed by atoms with Gasteiger partial charge < -0.3 is 15.8 Å². The first-order chi connectivity index (χ1) is 7.47. The van der Waals surface area contributed by atoms with Crippen LogP contribution in [0.4, 0.5) is 0 Å². The van der Waals surface area contributed by atoms with E-state index in [9.17, 15) is 4.79 Å². The van der Waals surface area contributed by atoms with E-state index in [-0.39, 0.29) is 17.4 Å². The van der Waals surface area contributed by atoms with Crippen LogP contribution in [0.3, 0.4) is 0 Å². The minimum Gasteiger partial charge on any atom is -0.381 e. The van der Waals surface area contributed by atoms with Crippen molar-refractivity contribution in [3.8, 4) is 0 Å². The molecule has 0 radical (unpaired) electrons. The van der Waals surface area contributed by atoms with Crippen LogP contribution in [0.1, 0.15) is 33.6 Å². The molecule has 0 aliphatic carbocycles. The normalized spacial score (nSPS) is 24.4. The van der Waals surface area contributed by atoms with E-state index >= 15 is 0 Å². The highest BCUT2D eigenvalue weighted by Crippen LogP contribution is 2.18. The van der Waals surface area contributed by atoms with Gasteiger partial charge in [0.1, 0.15) is 0 Å². The summed E-state index contributed by atoms with van der Waals surface area (Å²) in [6, 6.07) is 0. The average molecular weight is 228 g/mol. The lowest BCUT2D eigenvalue weighted by molar-refractivity contribution is -0.126. The molecule has 1 amide bonds. The summed E-state index contributed by atoms with van der Waals surface area (Å²) in [5.74, 6) is 0.623. The van der Waals surface area contributed by atoms with Gasteiger partial charge in [-0.05, 0) is 25.7 Å². The fraction of sp³-hybridized carbons (Fsp3) is 0.917. The summed E-state index contributed by atoms with van der Waals surface area (Å²) in [5.41, 5.74) is 5.47. The number of hydrogen-bond acceptors (Lipinski definition) is 3. The van der Waals surface area contributed by atoms with E-state index < -0.39 is 0 Å². The highest BCUT2D eigenvalue weighted by molar-refractivity contribution is 5.79. The molecule has 1 saturated heterocycles. The Morgan fingerprint density at radius 2 is 2.31 bits per heavy atom. The molecule has 3 N–H and O–H groups in total. The molecule has 2 atom stereocenters. The van der Waals surface area contributed by atoms with Gasteiger partial charge in [-0.15, -0.1) is 0 Å². The smallest absolute Gasteiger partial charge is 0.225 e. The van der Waals surface area contributed by atoms with Crippen molar-refractivity contribution in [2.24, 2.45) is 17.6 Å². The average Bonchev–Trinajstić information content (AvgIpc) is 2.69. The lowest BCUT2D eigenvalue weighted by Crippen LogP contribution is -2.53. The summed E-state index contributed by atoms with van der Waals surface area (Å²) in [6.07, 6.45) is 1.73. The first-order valence-electron chi connectivity index (χ1n) is 6.06. The lowest BCUT2D eigenvalue weighted by atomic mass is 9.90. The van der Waals surface area contributed by atoms with Gasteiger partial charge in [-0.2, -0.15) is 0 Å². The van der Waals surface area contributed by atoms with Crippen LogP contribution >= 0.6 is 0 Å². The number of nitrogens with two attached hydrogens (primary N) is 1. The molecular formula is C12H24N2O2. The lowest BCUT2D eigenvalue weighted by Gasteiger charge is -2.32. The molecule has 0 aromatic rings. The monoisotopic (exact) mass is 228 g/mol. The minimum atomic E-state index is -0.284. The molecule has 4 nitrogen and oxygen atoms in total. The van der Waals surface area contributed by atoms with Gasteiger partial charge in [0, 0.05) is 18.7 Å². The van der Waals surface area contributed by atoms with E-state index in [1.807, 2.05) is 6.92 Å². The van der Waals surface area contributed by atoms with Crippen molar-refractivity contribution in [1.82, 2.24) is 5.32 Å². The molecule has 0 aromatic heterocycles. The number of carbonyl (C=O) groups excluding carboxylic acids is 1. The van der Waals surface area contributed by atoms with Gasteiger partial charge >= 0.3 is 0 Å². The van der Waals surface area contributed by atoms with E-state index in [0.717, 1.165) is 12.8 Å². The fourth-order valence-corrected chi connectivity index (χ4v) is 2.23. The number of rotatable bonds is 5. The first kappa shape index (κ1) is 13.5. The Labute approximate surface area is 97.9 Å². The standard InChI is InChI=1S/C12H24N2O2/c1-9(2)6-12(3,8-13)14-11(15)10-4-5-16-7-10/h9-10H,4-8,13H2,1-3H3,(H,14,15). The van der Waals surface area contributed by atoms with Crippen LogP contribution in [-0.4, -0.2) is 31.2 Å². The predicted molar refractivity (Wildman–Crippen MR) is 64.0 cm³/mol. The Morgan fingerprint density at radius 3 is 2.75 bits per heavy atom. The Balaban J connectivity index is 2.50. The van der Waals surface area contributed by atoms with Gasteiger partial charge in [0.15, 0.2) is 0 Å². The zero-order valence-corrected chi connectivity index (χ0v) is 10.6. The molecule has 0 spiro atoms. The van der Waals surface area contributed by atoms with Crippen LogP contribution < -0.4 is 11.1 Å². The van der Waals surface area contributed by atoms with Crippen LogP contribution in [0.25, 0.3) is 0 Å². The molecule has 1 rings (SSSR count). The summed E-state index contributed by atoms with van der Waals surface area (Å²) in [6.45, 7) is 8.01. The van der Waals surface area contributed by atoms with Crippen LogP contribution in [-0.2, 0) is 9.53 Å². The number of hydrogen-bond donors (Lipinski definition) is 2. The van der Waals surface area contributed by atoms with Crippen LogP contribution in [0.5, 0.6) is 0 Å². The maximum absolute atomic E-state index is 12.0. The summed E-state index contributed by atoms with van der Waals surface area (Å²) in [7, 11) is 0. The third-order valence-corrected chi connectivity index (χ3v) is 3.03. The minimum absolute atomic E-state index is 0.0121. The van der Waals surface area contributed by atoms with Crippen molar-refractivity contribution in [2.45, 2.75) is 39.2 Å². The van der Waals surface area contributed by atoms with Gasteiger partial charge in [-0.3, -0.25) is 4.79 Å². The van der Waals surface area contributed by atoms with Gasteiger partial charge in [-0.1, -0.05) is 13.8 Å². The van der Waals surface area contributed by atoms with Crippen molar-refractivity contribution in [1.29, 1.82) is 0 Å². The molecule has 4 heteroatoms. The molecule has 0 aromatic carbocycles. The van der Waals surface area contributed by atoms with Crippen molar-refractivity contribution in [3.05, 3.63) is 0 Å². The summed E-state index contributed by atoms with van der Waals surface area (Å²) in [5, 5.41) is 3.07. The fourth-order valence-electron chi connectivity index (χ4n) is 2.23.